The largest absolute Gasteiger partial charge is 0.496 e. The van der Waals surface area contributed by atoms with Crippen molar-refractivity contribution < 1.29 is 19.4 Å². The maximum atomic E-state index is 14.0. The lowest BCUT2D eigenvalue weighted by molar-refractivity contribution is -0.159. The fraction of sp³-hybridized carbons (Fsp3) is 0.333. The minimum absolute atomic E-state index is 0.0676. The van der Waals surface area contributed by atoms with Gasteiger partial charge in [-0.05, 0) is 61.3 Å². The van der Waals surface area contributed by atoms with Gasteiger partial charge in [0.1, 0.15) is 5.75 Å². The van der Waals surface area contributed by atoms with Crippen LogP contribution in [0, 0.1) is 24.2 Å². The Morgan fingerprint density at radius 2 is 1.70 bits per heavy atom. The van der Waals surface area contributed by atoms with Crippen molar-refractivity contribution in [3.63, 3.8) is 0 Å². The number of ether oxygens (including phenoxy) is 1. The van der Waals surface area contributed by atoms with Gasteiger partial charge in [-0.3, -0.25) is 9.59 Å². The molecule has 5 atom stereocenters. The van der Waals surface area contributed by atoms with Gasteiger partial charge in [-0.25, -0.2) is 0 Å². The first kappa shape index (κ1) is 23.7. The van der Waals surface area contributed by atoms with Gasteiger partial charge in [0.05, 0.1) is 12.5 Å². The van der Waals surface area contributed by atoms with Crippen LogP contribution in [0.5, 0.6) is 5.75 Å². The molecule has 0 amide bonds. The van der Waals surface area contributed by atoms with Crippen LogP contribution in [0.4, 0.5) is 0 Å². The molecule has 37 heavy (non-hydrogen) atoms. The SMILES string of the molecule is C=C(C(=O)C1C[C@H]2[C@@]3(c4ccc(C)cc4)CC[C@@H](c4ccccc43)[C@@]2(C(=O)O)C1)c1ccccc1OC. The number of aryl methyl sites for hydroxylation is 1. The van der Waals surface area contributed by atoms with E-state index in [2.05, 4.69) is 56.0 Å². The number of carbonyl (C=O) groups excluding carboxylic acids is 1. The molecule has 3 aromatic carbocycles. The quantitative estimate of drug-likeness (QED) is 0.396. The van der Waals surface area contributed by atoms with Crippen LogP contribution in [0.15, 0.2) is 79.4 Å². The van der Waals surface area contributed by atoms with Crippen molar-refractivity contribution in [2.75, 3.05) is 7.11 Å². The zero-order chi connectivity index (χ0) is 25.9. The summed E-state index contributed by atoms with van der Waals surface area (Å²) >= 11 is 0. The van der Waals surface area contributed by atoms with Gasteiger partial charge >= 0.3 is 5.97 Å². The number of carboxylic acids is 1. The summed E-state index contributed by atoms with van der Waals surface area (Å²) in [6.45, 7) is 6.24. The summed E-state index contributed by atoms with van der Waals surface area (Å²) in [5.41, 5.74) is 4.38. The van der Waals surface area contributed by atoms with Crippen molar-refractivity contribution in [2.45, 2.75) is 43.9 Å². The number of hydrogen-bond acceptors (Lipinski definition) is 3. The van der Waals surface area contributed by atoms with Crippen molar-refractivity contribution >= 4 is 17.3 Å². The topological polar surface area (TPSA) is 63.6 Å². The zero-order valence-electron chi connectivity index (χ0n) is 21.4. The maximum Gasteiger partial charge on any atom is 0.310 e. The van der Waals surface area contributed by atoms with Crippen molar-refractivity contribution in [1.29, 1.82) is 0 Å². The molecule has 2 bridgehead atoms. The van der Waals surface area contributed by atoms with Crippen LogP contribution in [0.1, 0.15) is 59.4 Å². The highest BCUT2D eigenvalue weighted by Gasteiger charge is 2.70. The smallest absolute Gasteiger partial charge is 0.310 e. The average Bonchev–Trinajstić information content (AvgIpc) is 3.37. The summed E-state index contributed by atoms with van der Waals surface area (Å²) in [5, 5.41) is 10.9. The number of rotatable bonds is 6. The lowest BCUT2D eigenvalue weighted by Crippen LogP contribution is -2.58. The second-order valence-corrected chi connectivity index (χ2v) is 11.1. The minimum Gasteiger partial charge on any atom is -0.496 e. The van der Waals surface area contributed by atoms with Crippen LogP contribution in [0.25, 0.3) is 5.57 Å². The van der Waals surface area contributed by atoms with Crippen LogP contribution < -0.4 is 4.74 Å². The fourth-order valence-electron chi connectivity index (χ4n) is 8.13. The van der Waals surface area contributed by atoms with Gasteiger partial charge in [0.25, 0.3) is 0 Å². The van der Waals surface area contributed by atoms with Crippen molar-refractivity contribution in [3.05, 3.63) is 107 Å². The number of carbonyl (C=O) groups is 2. The molecule has 1 unspecified atom stereocenters. The molecule has 2 saturated carbocycles. The highest BCUT2D eigenvalue weighted by Crippen LogP contribution is 2.72. The van der Waals surface area contributed by atoms with E-state index in [4.69, 9.17) is 4.74 Å². The second-order valence-electron chi connectivity index (χ2n) is 11.1. The van der Waals surface area contributed by atoms with Crippen molar-refractivity contribution in [3.8, 4) is 5.75 Å². The van der Waals surface area contributed by atoms with E-state index < -0.39 is 22.7 Å². The first-order valence-corrected chi connectivity index (χ1v) is 13.1. The molecule has 2 fully saturated rings. The normalized spacial score (nSPS) is 29.3. The molecule has 188 valence electrons. The van der Waals surface area contributed by atoms with E-state index in [1.807, 2.05) is 30.3 Å². The fourth-order valence-corrected chi connectivity index (χ4v) is 8.13. The molecule has 0 saturated heterocycles. The summed E-state index contributed by atoms with van der Waals surface area (Å²) in [5.74, 6) is -0.913. The number of allylic oxidation sites excluding steroid dienone is 1. The Labute approximate surface area is 218 Å². The predicted octanol–water partition coefficient (Wildman–Crippen LogP) is 6.56. The van der Waals surface area contributed by atoms with E-state index in [9.17, 15) is 14.7 Å². The molecule has 7 rings (SSSR count). The molecular formula is C33H32O4. The number of benzene rings is 3. The Morgan fingerprint density at radius 1 is 1.00 bits per heavy atom. The summed E-state index contributed by atoms with van der Waals surface area (Å²) in [6.07, 6.45) is 2.58. The molecular weight excluding hydrogens is 460 g/mol. The molecule has 4 heteroatoms. The molecule has 0 spiro atoms. The third kappa shape index (κ3) is 3.14. The van der Waals surface area contributed by atoms with E-state index in [0.717, 1.165) is 24.0 Å². The van der Waals surface area contributed by atoms with Gasteiger partial charge in [-0.1, -0.05) is 78.9 Å². The van der Waals surface area contributed by atoms with Crippen LogP contribution in [0.2, 0.25) is 0 Å². The van der Waals surface area contributed by atoms with E-state index in [1.54, 1.807) is 7.11 Å². The molecule has 4 aliphatic carbocycles. The minimum atomic E-state index is -0.987. The van der Waals surface area contributed by atoms with E-state index >= 15 is 0 Å². The first-order chi connectivity index (χ1) is 17.8. The summed E-state index contributed by atoms with van der Waals surface area (Å²) in [6, 6.07) is 24.4. The number of ketones is 1. The standard InChI is InChI=1S/C33H32O4/c1-20-12-14-23(15-13-20)32-17-16-27(25-9-4-6-10-26(25)32)33(31(35)36)19-22(18-29(32)33)30(34)21(2)24-8-5-7-11-28(24)37-3/h4-15,22,27,29H,2,16-19H2,1,3H3,(H,35,36)/t22?,27-,29-,32+,33-/m0/s1. The van der Waals surface area contributed by atoms with Crippen LogP contribution in [-0.2, 0) is 15.0 Å². The second kappa shape index (κ2) is 8.44. The molecule has 0 aliphatic heterocycles. The summed E-state index contributed by atoms with van der Waals surface area (Å²) < 4.78 is 5.49. The zero-order valence-corrected chi connectivity index (χ0v) is 21.4. The Hall–Kier alpha value is -3.66. The Morgan fingerprint density at radius 3 is 2.43 bits per heavy atom. The first-order valence-electron chi connectivity index (χ1n) is 13.1. The van der Waals surface area contributed by atoms with Crippen LogP contribution in [0.3, 0.4) is 0 Å². The Bertz CT molecular complexity index is 1420. The number of hydrogen-bond donors (Lipinski definition) is 1. The molecule has 3 aromatic rings. The third-order valence-corrected chi connectivity index (χ3v) is 9.65. The molecule has 0 radical (unpaired) electrons. The molecule has 0 heterocycles. The molecule has 1 N–H and O–H groups in total. The van der Waals surface area contributed by atoms with Gasteiger partial charge in [-0.15, -0.1) is 0 Å². The molecule has 4 aliphatic rings. The van der Waals surface area contributed by atoms with Crippen molar-refractivity contribution in [2.24, 2.45) is 17.3 Å². The lowest BCUT2D eigenvalue weighted by Gasteiger charge is -2.60. The van der Waals surface area contributed by atoms with Crippen LogP contribution in [-0.4, -0.2) is 24.0 Å². The number of para-hydroxylation sites is 1. The summed E-state index contributed by atoms with van der Waals surface area (Å²) in [7, 11) is 1.58. The molecule has 0 aromatic heterocycles. The van der Waals surface area contributed by atoms with Gasteiger partial charge in [0.15, 0.2) is 5.78 Å². The third-order valence-electron chi connectivity index (χ3n) is 9.65. The van der Waals surface area contributed by atoms with E-state index in [0.29, 0.717) is 29.7 Å². The Kier molecular flexibility index (Phi) is 5.41. The number of methoxy groups -OCH3 is 1. The van der Waals surface area contributed by atoms with Crippen molar-refractivity contribution in [1.82, 2.24) is 0 Å². The van der Waals surface area contributed by atoms with Gasteiger partial charge in [0.2, 0.25) is 0 Å². The molecule has 4 nitrogen and oxygen atoms in total. The lowest BCUT2D eigenvalue weighted by atomic mass is 9.42. The number of Topliss-reactive ketones (excluding diaryl/α,β-unsaturated/α-hetero) is 1. The number of carboxylic acid groups (broad SMARTS) is 1. The van der Waals surface area contributed by atoms with Gasteiger partial charge < -0.3 is 9.84 Å². The predicted molar refractivity (Wildman–Crippen MR) is 144 cm³/mol. The van der Waals surface area contributed by atoms with Crippen LogP contribution >= 0.6 is 0 Å². The highest BCUT2D eigenvalue weighted by atomic mass is 16.5. The van der Waals surface area contributed by atoms with Gasteiger partial charge in [-0.2, -0.15) is 0 Å². The van der Waals surface area contributed by atoms with Gasteiger partial charge in [0, 0.05) is 28.4 Å². The monoisotopic (exact) mass is 492 g/mol. The highest BCUT2D eigenvalue weighted by molar-refractivity contribution is 6.22. The Balaban J connectivity index is 1.49. The maximum absolute atomic E-state index is 14.0. The van der Waals surface area contributed by atoms with E-state index in [1.165, 1.54) is 11.1 Å². The average molecular weight is 493 g/mol. The number of fused-ring (bicyclic) bond motifs is 1. The summed E-state index contributed by atoms with van der Waals surface area (Å²) in [4.78, 5) is 27.3. The number of aliphatic carboxylic acids is 1. The van der Waals surface area contributed by atoms with E-state index in [-0.39, 0.29) is 17.6 Å².